The molecule has 0 radical (unpaired) electrons. The maximum atomic E-state index is 6.78. The number of benzene rings is 6. The van der Waals surface area contributed by atoms with Crippen molar-refractivity contribution in [1.82, 2.24) is 23.8 Å². The summed E-state index contributed by atoms with van der Waals surface area (Å²) in [7, 11) is 0. The predicted octanol–water partition coefficient (Wildman–Crippen LogP) is 13.6. The Labute approximate surface area is 342 Å². The fraction of sp³-hybridized carbons (Fsp3) is 0.113. The van der Waals surface area contributed by atoms with Crippen molar-refractivity contribution in [3.05, 3.63) is 173 Å². The van der Waals surface area contributed by atoms with E-state index in [1.54, 1.807) is 0 Å². The number of nitrogens with zero attached hydrogens (tertiary/aromatic N) is 5. The minimum absolute atomic E-state index is 0.730. The van der Waals surface area contributed by atoms with E-state index in [0.29, 0.717) is 0 Å². The summed E-state index contributed by atoms with van der Waals surface area (Å²) in [5.74, 6) is 1.47. The van der Waals surface area contributed by atoms with Crippen molar-refractivity contribution in [2.24, 2.45) is 0 Å². The average molecular weight is 764 g/mol. The van der Waals surface area contributed by atoms with Crippen molar-refractivity contribution in [2.75, 3.05) is 0 Å². The summed E-state index contributed by atoms with van der Waals surface area (Å²) >= 11 is 0. The smallest absolute Gasteiger partial charge is 0.146 e. The molecular formula is C53H41N5O. The van der Waals surface area contributed by atoms with E-state index >= 15 is 0 Å². The van der Waals surface area contributed by atoms with Gasteiger partial charge in [0.15, 0.2) is 0 Å². The van der Waals surface area contributed by atoms with Crippen molar-refractivity contribution in [3.63, 3.8) is 0 Å². The third kappa shape index (κ3) is 5.29. The Kier molecular flexibility index (Phi) is 7.76. The van der Waals surface area contributed by atoms with Gasteiger partial charge in [-0.25, -0.2) is 15.0 Å². The van der Waals surface area contributed by atoms with Crippen LogP contribution in [0.25, 0.3) is 88.3 Å². The van der Waals surface area contributed by atoms with E-state index in [9.17, 15) is 0 Å². The first-order valence-corrected chi connectivity index (χ1v) is 20.2. The summed E-state index contributed by atoms with van der Waals surface area (Å²) in [6.45, 7) is 13.1. The normalized spacial score (nSPS) is 11.9. The summed E-state index contributed by atoms with van der Waals surface area (Å²) in [4.78, 5) is 14.9. The molecule has 0 amide bonds. The molecular weight excluding hydrogens is 723 g/mol. The van der Waals surface area contributed by atoms with Gasteiger partial charge >= 0.3 is 0 Å². The second-order valence-corrected chi connectivity index (χ2v) is 16.0. The van der Waals surface area contributed by atoms with Crippen LogP contribution in [0.2, 0.25) is 0 Å². The van der Waals surface area contributed by atoms with Crippen molar-refractivity contribution < 1.29 is 4.74 Å². The SMILES string of the molecule is Cc1cccc(C)c1-c1cc(-c2c(C)cccc2C)c2c(c1)c1ccc(Oc3ccc4c5cccnc5n5c(-c6c(C)cccc6C)cnc5c4c3)cc1c1nccn12. The Morgan fingerprint density at radius 2 is 1.00 bits per heavy atom. The highest BCUT2D eigenvalue weighted by Gasteiger charge is 2.21. The minimum atomic E-state index is 0.730. The molecule has 6 heteroatoms. The van der Waals surface area contributed by atoms with Crippen LogP contribution in [0.4, 0.5) is 0 Å². The van der Waals surface area contributed by atoms with Gasteiger partial charge in [0.1, 0.15) is 28.4 Å². The van der Waals surface area contributed by atoms with Gasteiger partial charge < -0.3 is 4.74 Å². The van der Waals surface area contributed by atoms with Crippen molar-refractivity contribution in [3.8, 4) is 45.0 Å². The zero-order valence-electron chi connectivity index (χ0n) is 33.9. The number of rotatable bonds is 5. The first-order valence-electron chi connectivity index (χ1n) is 20.2. The average Bonchev–Trinajstić information content (AvgIpc) is 3.90. The van der Waals surface area contributed by atoms with E-state index in [1.165, 1.54) is 66.6 Å². The molecule has 0 atom stereocenters. The topological polar surface area (TPSA) is 56.7 Å². The van der Waals surface area contributed by atoms with Gasteiger partial charge in [0, 0.05) is 51.3 Å². The number of imidazole rings is 2. The Balaban J connectivity index is 1.11. The molecule has 59 heavy (non-hydrogen) atoms. The van der Waals surface area contributed by atoms with Crippen molar-refractivity contribution in [2.45, 2.75) is 41.5 Å². The molecule has 5 heterocycles. The van der Waals surface area contributed by atoms with Crippen LogP contribution in [0.5, 0.6) is 11.5 Å². The van der Waals surface area contributed by atoms with E-state index < -0.39 is 0 Å². The van der Waals surface area contributed by atoms with E-state index in [-0.39, 0.29) is 0 Å². The van der Waals surface area contributed by atoms with Gasteiger partial charge in [-0.1, -0.05) is 54.6 Å². The molecule has 0 aliphatic heterocycles. The molecule has 5 aromatic heterocycles. The van der Waals surface area contributed by atoms with Crippen LogP contribution in [-0.4, -0.2) is 23.8 Å². The van der Waals surface area contributed by atoms with Gasteiger partial charge in [0.2, 0.25) is 0 Å². The summed E-state index contributed by atoms with van der Waals surface area (Å²) in [6, 6.07) is 41.2. The summed E-state index contributed by atoms with van der Waals surface area (Å²) < 4.78 is 11.2. The van der Waals surface area contributed by atoms with Crippen molar-refractivity contribution >= 4 is 54.8 Å². The zero-order valence-corrected chi connectivity index (χ0v) is 33.9. The first kappa shape index (κ1) is 34.9. The van der Waals surface area contributed by atoms with Gasteiger partial charge in [-0.3, -0.25) is 8.80 Å². The molecule has 0 N–H and O–H groups in total. The molecule has 0 spiro atoms. The number of ether oxygens (including phenoxy) is 1. The molecule has 6 nitrogen and oxygen atoms in total. The fourth-order valence-electron chi connectivity index (χ4n) is 9.71. The molecule has 0 aliphatic rings. The van der Waals surface area contributed by atoms with Gasteiger partial charge in [-0.2, -0.15) is 0 Å². The molecule has 11 aromatic rings. The minimum Gasteiger partial charge on any atom is -0.457 e. The third-order valence-electron chi connectivity index (χ3n) is 12.3. The van der Waals surface area contributed by atoms with E-state index in [4.69, 9.17) is 19.7 Å². The second-order valence-electron chi connectivity index (χ2n) is 16.0. The number of aromatic nitrogens is 5. The van der Waals surface area contributed by atoms with Crippen LogP contribution in [0, 0.1) is 41.5 Å². The third-order valence-corrected chi connectivity index (χ3v) is 12.3. The van der Waals surface area contributed by atoms with E-state index in [1.807, 2.05) is 30.7 Å². The van der Waals surface area contributed by atoms with Crippen LogP contribution < -0.4 is 4.74 Å². The molecule has 284 valence electrons. The van der Waals surface area contributed by atoms with E-state index in [0.717, 1.165) is 66.6 Å². The number of pyridine rings is 3. The lowest BCUT2D eigenvalue weighted by Crippen LogP contribution is -1.99. The lowest BCUT2D eigenvalue weighted by atomic mass is 9.87. The monoisotopic (exact) mass is 763 g/mol. The summed E-state index contributed by atoms with van der Waals surface area (Å²) in [5.41, 5.74) is 18.3. The highest BCUT2D eigenvalue weighted by Crippen LogP contribution is 2.43. The molecule has 6 aromatic carbocycles. The number of hydrogen-bond donors (Lipinski definition) is 0. The van der Waals surface area contributed by atoms with E-state index in [2.05, 4.69) is 160 Å². The molecule has 0 saturated carbocycles. The zero-order chi connectivity index (χ0) is 40.1. The van der Waals surface area contributed by atoms with Gasteiger partial charge in [-0.05, 0) is 163 Å². The number of fused-ring (bicyclic) bond motifs is 12. The summed E-state index contributed by atoms with van der Waals surface area (Å²) in [6.07, 6.45) is 7.83. The maximum Gasteiger partial charge on any atom is 0.146 e. The van der Waals surface area contributed by atoms with Gasteiger partial charge in [-0.15, -0.1) is 0 Å². The van der Waals surface area contributed by atoms with Gasteiger partial charge in [0.25, 0.3) is 0 Å². The Morgan fingerprint density at radius 1 is 0.441 bits per heavy atom. The summed E-state index contributed by atoms with van der Waals surface area (Å²) in [5, 5.41) is 6.46. The van der Waals surface area contributed by atoms with Crippen LogP contribution >= 0.6 is 0 Å². The first-order chi connectivity index (χ1) is 28.7. The van der Waals surface area contributed by atoms with Crippen LogP contribution in [-0.2, 0) is 0 Å². The number of hydrogen-bond acceptors (Lipinski definition) is 4. The van der Waals surface area contributed by atoms with Crippen LogP contribution in [0.3, 0.4) is 0 Å². The predicted molar refractivity (Wildman–Crippen MR) is 243 cm³/mol. The highest BCUT2D eigenvalue weighted by molar-refractivity contribution is 6.17. The second kappa shape index (κ2) is 13.1. The Morgan fingerprint density at radius 3 is 1.66 bits per heavy atom. The molecule has 0 bridgehead atoms. The maximum absolute atomic E-state index is 6.78. The number of aryl methyl sites for hydroxylation is 6. The molecule has 0 fully saturated rings. The van der Waals surface area contributed by atoms with Crippen LogP contribution in [0.1, 0.15) is 33.4 Å². The molecule has 0 saturated heterocycles. The molecule has 0 unspecified atom stereocenters. The molecule has 11 rings (SSSR count). The van der Waals surface area contributed by atoms with Crippen molar-refractivity contribution in [1.29, 1.82) is 0 Å². The standard InChI is InChI=1S/C53H41N5O/c1-30-11-7-12-31(2)47(30)36-25-42-40-21-19-37(27-43(40)51-55-23-24-57(51)50(42)45(26-36)48-32(3)13-8-14-33(48)4)59-38-18-20-39-41-17-10-22-54-52(41)58-46(29-56-53(58)44(39)28-38)49-34(5)15-9-16-35(49)6/h7-29H,1-6H3. The van der Waals surface area contributed by atoms with Crippen LogP contribution in [0.15, 0.2) is 140 Å². The Bertz CT molecular complexity index is 3490. The lowest BCUT2D eigenvalue weighted by molar-refractivity contribution is 0.484. The molecule has 0 aliphatic carbocycles. The lowest BCUT2D eigenvalue weighted by Gasteiger charge is -2.20. The largest absolute Gasteiger partial charge is 0.457 e. The Hall–Kier alpha value is -7.31. The fourth-order valence-corrected chi connectivity index (χ4v) is 9.71. The highest BCUT2D eigenvalue weighted by atomic mass is 16.5. The quantitative estimate of drug-likeness (QED) is 0.164. The van der Waals surface area contributed by atoms with Gasteiger partial charge in [0.05, 0.1) is 17.4 Å².